The van der Waals surface area contributed by atoms with Crippen LogP contribution in [0.4, 0.5) is 11.4 Å². The maximum absolute atomic E-state index is 12.3. The fraction of sp³-hybridized carbons (Fsp3) is 0.438. The third kappa shape index (κ3) is 3.68. The SMILES string of the molecule is O=C(CSc1nnc(C2CC2)n1C1CC1)Nc1ccc(Cl)cc1[N+](=O)[O-]. The average Bonchev–Trinajstić information content (AvgIpc) is 3.53. The van der Waals surface area contributed by atoms with E-state index >= 15 is 0 Å². The second kappa shape index (κ2) is 6.88. The Kier molecular flexibility index (Phi) is 4.58. The maximum atomic E-state index is 12.3. The summed E-state index contributed by atoms with van der Waals surface area (Å²) in [5.74, 6) is 1.31. The third-order valence-corrected chi connectivity index (χ3v) is 5.49. The van der Waals surface area contributed by atoms with E-state index in [1.807, 2.05) is 0 Å². The van der Waals surface area contributed by atoms with Crippen molar-refractivity contribution in [3.05, 3.63) is 39.2 Å². The number of nitrogens with one attached hydrogen (secondary N) is 1. The number of carbonyl (C=O) groups excluding carboxylic acids is 1. The Morgan fingerprint density at radius 1 is 1.35 bits per heavy atom. The number of nitro groups is 1. The van der Waals surface area contributed by atoms with Crippen molar-refractivity contribution in [3.63, 3.8) is 0 Å². The number of hydrogen-bond donors (Lipinski definition) is 1. The standard InChI is InChI=1S/C16H16ClN5O3S/c17-10-3-6-12(13(7-10)22(24)25)18-14(23)8-26-16-20-19-15(9-1-2-9)21(16)11-4-5-11/h3,6-7,9,11H,1-2,4-5,8H2,(H,18,23). The molecule has 2 saturated carbocycles. The van der Waals surface area contributed by atoms with Gasteiger partial charge in [-0.3, -0.25) is 14.9 Å². The molecule has 8 nitrogen and oxygen atoms in total. The van der Waals surface area contributed by atoms with Crippen LogP contribution in [-0.2, 0) is 4.79 Å². The summed E-state index contributed by atoms with van der Waals surface area (Å²) < 4.78 is 2.17. The van der Waals surface area contributed by atoms with Gasteiger partial charge in [-0.2, -0.15) is 0 Å². The highest BCUT2D eigenvalue weighted by molar-refractivity contribution is 7.99. The lowest BCUT2D eigenvalue weighted by molar-refractivity contribution is -0.383. The Morgan fingerprint density at radius 3 is 2.77 bits per heavy atom. The molecule has 1 heterocycles. The van der Waals surface area contributed by atoms with Crippen molar-refractivity contribution >= 4 is 40.6 Å². The number of carbonyl (C=O) groups is 1. The minimum absolute atomic E-state index is 0.106. The maximum Gasteiger partial charge on any atom is 0.294 e. The fourth-order valence-electron chi connectivity index (χ4n) is 2.76. The van der Waals surface area contributed by atoms with Crippen LogP contribution in [-0.4, -0.2) is 31.3 Å². The van der Waals surface area contributed by atoms with E-state index in [9.17, 15) is 14.9 Å². The smallest absolute Gasteiger partial charge is 0.294 e. The Bertz CT molecular complexity index is 879. The van der Waals surface area contributed by atoms with Crippen LogP contribution in [0.2, 0.25) is 5.02 Å². The van der Waals surface area contributed by atoms with E-state index in [0.717, 1.165) is 36.7 Å². The first kappa shape index (κ1) is 17.3. The molecular formula is C16H16ClN5O3S. The number of nitrogens with zero attached hydrogens (tertiary/aromatic N) is 4. The molecule has 2 aliphatic carbocycles. The van der Waals surface area contributed by atoms with Gasteiger partial charge in [0.25, 0.3) is 5.69 Å². The van der Waals surface area contributed by atoms with E-state index in [1.54, 1.807) is 0 Å². The van der Waals surface area contributed by atoms with E-state index in [0.29, 0.717) is 12.0 Å². The first-order chi connectivity index (χ1) is 12.5. The molecule has 2 fully saturated rings. The van der Waals surface area contributed by atoms with E-state index < -0.39 is 4.92 Å². The van der Waals surface area contributed by atoms with Crippen molar-refractivity contribution < 1.29 is 9.72 Å². The molecule has 0 unspecified atom stereocenters. The minimum atomic E-state index is -0.569. The minimum Gasteiger partial charge on any atom is -0.320 e. The fourth-order valence-corrected chi connectivity index (χ4v) is 3.74. The molecule has 26 heavy (non-hydrogen) atoms. The predicted octanol–water partition coefficient (Wildman–Crippen LogP) is 3.78. The third-order valence-electron chi connectivity index (χ3n) is 4.31. The molecule has 2 aliphatic rings. The summed E-state index contributed by atoms with van der Waals surface area (Å²) in [5, 5.41) is 23.2. The monoisotopic (exact) mass is 393 g/mol. The summed E-state index contributed by atoms with van der Waals surface area (Å²) in [5.41, 5.74) is -0.0969. The van der Waals surface area contributed by atoms with Crippen LogP contribution < -0.4 is 5.32 Å². The number of hydrogen-bond acceptors (Lipinski definition) is 6. The number of nitro benzene ring substituents is 1. The van der Waals surface area contributed by atoms with Gasteiger partial charge >= 0.3 is 0 Å². The van der Waals surface area contributed by atoms with Crippen LogP contribution in [0.5, 0.6) is 0 Å². The molecule has 1 aromatic carbocycles. The molecule has 0 bridgehead atoms. The summed E-state index contributed by atoms with van der Waals surface area (Å²) in [4.78, 5) is 22.8. The molecular weight excluding hydrogens is 378 g/mol. The highest BCUT2D eigenvalue weighted by Crippen LogP contribution is 2.46. The zero-order valence-corrected chi connectivity index (χ0v) is 15.3. The molecule has 10 heteroatoms. The molecule has 2 aromatic rings. The first-order valence-corrected chi connectivity index (χ1v) is 9.70. The van der Waals surface area contributed by atoms with Gasteiger partial charge in [0.05, 0.1) is 10.7 Å². The Labute approximate surface area is 158 Å². The average molecular weight is 394 g/mol. The van der Waals surface area contributed by atoms with Crippen molar-refractivity contribution in [2.75, 3.05) is 11.1 Å². The summed E-state index contributed by atoms with van der Waals surface area (Å²) >= 11 is 7.09. The van der Waals surface area contributed by atoms with Gasteiger partial charge in [0, 0.05) is 23.0 Å². The Hall–Kier alpha value is -2.13. The zero-order valence-electron chi connectivity index (χ0n) is 13.7. The van der Waals surface area contributed by atoms with Crippen molar-refractivity contribution in [3.8, 4) is 0 Å². The van der Waals surface area contributed by atoms with Gasteiger partial charge in [-0.05, 0) is 37.8 Å². The molecule has 136 valence electrons. The van der Waals surface area contributed by atoms with Crippen LogP contribution in [0.3, 0.4) is 0 Å². The zero-order chi connectivity index (χ0) is 18.3. The highest BCUT2D eigenvalue weighted by Gasteiger charge is 2.36. The lowest BCUT2D eigenvalue weighted by atomic mass is 10.2. The number of amides is 1. The second-order valence-electron chi connectivity index (χ2n) is 6.47. The van der Waals surface area contributed by atoms with Gasteiger partial charge in [-0.15, -0.1) is 10.2 Å². The van der Waals surface area contributed by atoms with Crippen LogP contribution in [0, 0.1) is 10.1 Å². The Morgan fingerprint density at radius 2 is 2.12 bits per heavy atom. The van der Waals surface area contributed by atoms with Gasteiger partial charge in [0.2, 0.25) is 5.91 Å². The number of anilines is 1. The van der Waals surface area contributed by atoms with E-state index in [1.165, 1.54) is 30.0 Å². The molecule has 0 aliphatic heterocycles. The summed E-state index contributed by atoms with van der Waals surface area (Å²) in [7, 11) is 0. The topological polar surface area (TPSA) is 103 Å². The largest absolute Gasteiger partial charge is 0.320 e. The number of rotatable bonds is 7. The van der Waals surface area contributed by atoms with E-state index in [4.69, 9.17) is 11.6 Å². The van der Waals surface area contributed by atoms with Crippen molar-refractivity contribution in [2.24, 2.45) is 0 Å². The van der Waals surface area contributed by atoms with Gasteiger partial charge in [-0.1, -0.05) is 23.4 Å². The van der Waals surface area contributed by atoms with E-state index in [-0.39, 0.29) is 28.1 Å². The number of thioether (sulfide) groups is 1. The number of aromatic nitrogens is 3. The lowest BCUT2D eigenvalue weighted by Gasteiger charge is -2.09. The molecule has 0 radical (unpaired) electrons. The van der Waals surface area contributed by atoms with Crippen molar-refractivity contribution in [1.82, 2.24) is 14.8 Å². The predicted molar refractivity (Wildman–Crippen MR) is 97.7 cm³/mol. The van der Waals surface area contributed by atoms with Gasteiger partial charge in [0.15, 0.2) is 5.16 Å². The number of benzene rings is 1. The molecule has 4 rings (SSSR count). The molecule has 0 atom stereocenters. The molecule has 1 amide bonds. The van der Waals surface area contributed by atoms with Crippen LogP contribution in [0.15, 0.2) is 23.4 Å². The summed E-state index contributed by atoms with van der Waals surface area (Å²) in [6, 6.07) is 4.60. The van der Waals surface area contributed by atoms with Crippen molar-refractivity contribution in [2.45, 2.75) is 42.8 Å². The van der Waals surface area contributed by atoms with Gasteiger partial charge < -0.3 is 9.88 Å². The van der Waals surface area contributed by atoms with Crippen molar-refractivity contribution in [1.29, 1.82) is 0 Å². The molecule has 0 spiro atoms. The molecule has 1 N–H and O–H groups in total. The summed E-state index contributed by atoms with van der Waals surface area (Å²) in [6.45, 7) is 0. The van der Waals surface area contributed by atoms with Gasteiger partial charge in [-0.25, -0.2) is 0 Å². The van der Waals surface area contributed by atoms with Crippen LogP contribution >= 0.6 is 23.4 Å². The molecule has 0 saturated heterocycles. The second-order valence-corrected chi connectivity index (χ2v) is 7.85. The Balaban J connectivity index is 1.43. The summed E-state index contributed by atoms with van der Waals surface area (Å²) in [6.07, 6.45) is 4.54. The van der Waals surface area contributed by atoms with E-state index in [2.05, 4.69) is 20.1 Å². The highest BCUT2D eigenvalue weighted by atomic mass is 35.5. The molecule has 1 aromatic heterocycles. The normalized spacial score (nSPS) is 16.5. The van der Waals surface area contributed by atoms with Gasteiger partial charge in [0.1, 0.15) is 11.5 Å². The quantitative estimate of drug-likeness (QED) is 0.436. The lowest BCUT2D eigenvalue weighted by Crippen LogP contribution is -2.15. The van der Waals surface area contributed by atoms with Crippen LogP contribution in [0.25, 0.3) is 0 Å². The van der Waals surface area contributed by atoms with Crippen LogP contribution in [0.1, 0.15) is 43.5 Å². The first-order valence-electron chi connectivity index (χ1n) is 8.34. The number of halogens is 1.